The van der Waals surface area contributed by atoms with Crippen molar-refractivity contribution in [3.8, 4) is 0 Å². The van der Waals surface area contributed by atoms with Gasteiger partial charge in [0, 0.05) is 0 Å². The van der Waals surface area contributed by atoms with Crippen LogP contribution in [0.3, 0.4) is 0 Å². The maximum atomic E-state index is 2.18. The Morgan fingerprint density at radius 2 is 1.92 bits per heavy atom. The van der Waals surface area contributed by atoms with Gasteiger partial charge in [-0.3, -0.25) is 0 Å². The van der Waals surface area contributed by atoms with Crippen molar-refractivity contribution in [2.75, 3.05) is 6.26 Å². The lowest BCUT2D eigenvalue weighted by molar-refractivity contribution is 1.14. The van der Waals surface area contributed by atoms with Gasteiger partial charge in [0.1, 0.15) is 0 Å². The maximum Gasteiger partial charge on any atom is -0.0142 e. The molecule has 1 heteroatoms. The maximum absolute atomic E-state index is 2.18. The van der Waals surface area contributed by atoms with Crippen LogP contribution in [0.25, 0.3) is 6.08 Å². The standard InChI is InChI=1S/C11H14S/c1-3-10-4-6-11(7-5-10)8-9-12-2/h4-9H,3H2,1-2H3/b9-8+. The Labute approximate surface area is 78.7 Å². The molecule has 0 aliphatic rings. The highest BCUT2D eigenvalue weighted by atomic mass is 32.2. The third kappa shape index (κ3) is 2.74. The molecule has 0 radical (unpaired) electrons. The molecule has 1 aromatic carbocycles. The lowest BCUT2D eigenvalue weighted by Gasteiger charge is -1.96. The molecule has 0 atom stereocenters. The Hall–Kier alpha value is -0.690. The van der Waals surface area contributed by atoms with Crippen LogP contribution in [0.4, 0.5) is 0 Å². The summed E-state index contributed by atoms with van der Waals surface area (Å²) in [6.45, 7) is 2.17. The fraction of sp³-hybridized carbons (Fsp3) is 0.273. The van der Waals surface area contributed by atoms with Crippen molar-refractivity contribution in [3.63, 3.8) is 0 Å². The van der Waals surface area contributed by atoms with E-state index in [0.717, 1.165) is 6.42 Å². The van der Waals surface area contributed by atoms with E-state index in [2.05, 4.69) is 48.9 Å². The minimum absolute atomic E-state index is 1.12. The number of rotatable bonds is 3. The first-order chi connectivity index (χ1) is 5.86. The molecule has 1 rings (SSSR count). The summed E-state index contributed by atoms with van der Waals surface area (Å²) in [4.78, 5) is 0. The highest BCUT2D eigenvalue weighted by Crippen LogP contribution is 2.08. The van der Waals surface area contributed by atoms with Crippen LogP contribution in [0, 0.1) is 0 Å². The van der Waals surface area contributed by atoms with Crippen molar-refractivity contribution in [3.05, 3.63) is 40.8 Å². The monoisotopic (exact) mass is 178 g/mol. The van der Waals surface area contributed by atoms with Crippen molar-refractivity contribution >= 4 is 17.8 Å². The quantitative estimate of drug-likeness (QED) is 0.681. The van der Waals surface area contributed by atoms with Gasteiger partial charge in [-0.05, 0) is 35.3 Å². The summed E-state index contributed by atoms with van der Waals surface area (Å²) in [6.07, 6.45) is 5.31. The first-order valence-electron chi connectivity index (χ1n) is 4.15. The van der Waals surface area contributed by atoms with Crippen LogP contribution in [-0.4, -0.2) is 6.26 Å². The van der Waals surface area contributed by atoms with Crippen LogP contribution in [0.5, 0.6) is 0 Å². The Morgan fingerprint density at radius 1 is 1.25 bits per heavy atom. The van der Waals surface area contributed by atoms with Gasteiger partial charge < -0.3 is 0 Å². The molecule has 0 saturated carbocycles. The van der Waals surface area contributed by atoms with Crippen molar-refractivity contribution in [2.24, 2.45) is 0 Å². The number of hydrogen-bond donors (Lipinski definition) is 0. The largest absolute Gasteiger partial charge is 0.138 e. The van der Waals surface area contributed by atoms with Crippen LogP contribution in [0.15, 0.2) is 29.7 Å². The van der Waals surface area contributed by atoms with Crippen LogP contribution in [0.2, 0.25) is 0 Å². The Bertz CT molecular complexity index is 246. The van der Waals surface area contributed by atoms with Crippen molar-refractivity contribution < 1.29 is 0 Å². The molecule has 12 heavy (non-hydrogen) atoms. The van der Waals surface area contributed by atoms with Gasteiger partial charge in [0.2, 0.25) is 0 Å². The molecule has 0 aromatic heterocycles. The predicted octanol–water partition coefficient (Wildman–Crippen LogP) is 3.58. The second-order valence-electron chi connectivity index (χ2n) is 2.63. The summed E-state index contributed by atoms with van der Waals surface area (Å²) in [5.74, 6) is 0. The van der Waals surface area contributed by atoms with Gasteiger partial charge in [0.05, 0.1) is 0 Å². The molecule has 0 aliphatic carbocycles. The average Bonchev–Trinajstić information content (AvgIpc) is 2.15. The van der Waals surface area contributed by atoms with Gasteiger partial charge in [-0.15, -0.1) is 11.8 Å². The molecule has 0 bridgehead atoms. The summed E-state index contributed by atoms with van der Waals surface area (Å²) in [6, 6.07) is 8.68. The van der Waals surface area contributed by atoms with Crippen molar-refractivity contribution in [1.82, 2.24) is 0 Å². The SMILES string of the molecule is CCc1ccc(/C=C/SC)cc1. The first kappa shape index (κ1) is 9.40. The lowest BCUT2D eigenvalue weighted by atomic mass is 10.1. The van der Waals surface area contributed by atoms with Gasteiger partial charge >= 0.3 is 0 Å². The van der Waals surface area contributed by atoms with Crippen LogP contribution in [-0.2, 0) is 6.42 Å². The molecule has 1 aromatic rings. The zero-order valence-corrected chi connectivity index (χ0v) is 8.40. The van der Waals surface area contributed by atoms with Crippen LogP contribution < -0.4 is 0 Å². The van der Waals surface area contributed by atoms with E-state index < -0.39 is 0 Å². The summed E-state index contributed by atoms with van der Waals surface area (Å²) in [7, 11) is 0. The first-order valence-corrected chi connectivity index (χ1v) is 5.44. The molecule has 0 saturated heterocycles. The zero-order chi connectivity index (χ0) is 8.81. The van der Waals surface area contributed by atoms with E-state index in [1.165, 1.54) is 11.1 Å². The molecule has 64 valence electrons. The normalized spacial score (nSPS) is 10.8. The predicted molar refractivity (Wildman–Crippen MR) is 58.4 cm³/mol. The van der Waals surface area contributed by atoms with Crippen molar-refractivity contribution in [2.45, 2.75) is 13.3 Å². The molecule has 0 N–H and O–H groups in total. The van der Waals surface area contributed by atoms with Crippen LogP contribution in [0.1, 0.15) is 18.1 Å². The summed E-state index contributed by atoms with van der Waals surface area (Å²) in [5, 5.41) is 2.10. The van der Waals surface area contributed by atoms with E-state index in [1.54, 1.807) is 11.8 Å². The summed E-state index contributed by atoms with van der Waals surface area (Å²) < 4.78 is 0. The topological polar surface area (TPSA) is 0 Å². The summed E-state index contributed by atoms with van der Waals surface area (Å²) in [5.41, 5.74) is 2.68. The third-order valence-electron chi connectivity index (χ3n) is 1.78. The fourth-order valence-electron chi connectivity index (χ4n) is 1.01. The minimum Gasteiger partial charge on any atom is -0.138 e. The van der Waals surface area contributed by atoms with Gasteiger partial charge in [-0.2, -0.15) is 0 Å². The molecule has 0 spiro atoms. The van der Waals surface area contributed by atoms with Gasteiger partial charge in [0.15, 0.2) is 0 Å². The second kappa shape index (κ2) is 5.04. The van der Waals surface area contributed by atoms with E-state index in [4.69, 9.17) is 0 Å². The van der Waals surface area contributed by atoms with Gasteiger partial charge in [-0.1, -0.05) is 31.2 Å². The number of thioether (sulfide) groups is 1. The molecule has 0 nitrogen and oxygen atoms in total. The molecular weight excluding hydrogens is 164 g/mol. The minimum atomic E-state index is 1.12. The highest BCUT2D eigenvalue weighted by molar-refractivity contribution is 8.01. The second-order valence-corrected chi connectivity index (χ2v) is 3.38. The van der Waals surface area contributed by atoms with Gasteiger partial charge in [-0.25, -0.2) is 0 Å². The average molecular weight is 178 g/mol. The Morgan fingerprint density at radius 3 is 2.42 bits per heavy atom. The fourth-order valence-corrected chi connectivity index (χ4v) is 1.30. The zero-order valence-electron chi connectivity index (χ0n) is 7.58. The molecule has 0 aliphatic heterocycles. The van der Waals surface area contributed by atoms with E-state index >= 15 is 0 Å². The number of hydrogen-bond acceptors (Lipinski definition) is 1. The number of aryl methyl sites for hydroxylation is 1. The van der Waals surface area contributed by atoms with E-state index in [1.807, 2.05) is 0 Å². The van der Waals surface area contributed by atoms with E-state index in [-0.39, 0.29) is 0 Å². The van der Waals surface area contributed by atoms with E-state index in [9.17, 15) is 0 Å². The Balaban J connectivity index is 2.71. The van der Waals surface area contributed by atoms with Crippen molar-refractivity contribution in [1.29, 1.82) is 0 Å². The molecule has 0 fully saturated rings. The molecular formula is C11H14S. The highest BCUT2D eigenvalue weighted by Gasteiger charge is 1.87. The van der Waals surface area contributed by atoms with E-state index in [0.29, 0.717) is 0 Å². The van der Waals surface area contributed by atoms with Crippen LogP contribution >= 0.6 is 11.8 Å². The Kier molecular flexibility index (Phi) is 3.95. The number of benzene rings is 1. The molecule has 0 amide bonds. The summed E-state index contributed by atoms with van der Waals surface area (Å²) >= 11 is 1.73. The lowest BCUT2D eigenvalue weighted by Crippen LogP contribution is -1.78. The molecule has 0 unspecified atom stereocenters. The smallest absolute Gasteiger partial charge is 0.0142 e. The third-order valence-corrected chi connectivity index (χ3v) is 2.19. The molecule has 0 heterocycles. The van der Waals surface area contributed by atoms with Gasteiger partial charge in [0.25, 0.3) is 0 Å².